The molecule has 3 heterocycles. The number of para-hydroxylation sites is 2. The van der Waals surface area contributed by atoms with Gasteiger partial charge in [0.15, 0.2) is 0 Å². The van der Waals surface area contributed by atoms with Crippen LogP contribution in [0.2, 0.25) is 0 Å². The summed E-state index contributed by atoms with van der Waals surface area (Å²) in [5, 5.41) is 1.12. The lowest BCUT2D eigenvalue weighted by Crippen LogP contribution is -3.11. The Hall–Kier alpha value is -3.32. The van der Waals surface area contributed by atoms with Crippen LogP contribution in [0.15, 0.2) is 48.5 Å². The van der Waals surface area contributed by atoms with Crippen molar-refractivity contribution in [3.8, 4) is 5.75 Å². The first-order valence-corrected chi connectivity index (χ1v) is 12.7. The first-order chi connectivity index (χ1) is 17.1. The molecule has 5 rings (SSSR count). The van der Waals surface area contributed by atoms with Crippen molar-refractivity contribution in [1.29, 1.82) is 0 Å². The maximum atomic E-state index is 13.8. The number of nitrogens with one attached hydrogen (secondary N) is 2. The first-order valence-electron chi connectivity index (χ1n) is 12.7. The molecule has 1 aromatic heterocycles. The first kappa shape index (κ1) is 23.4. The zero-order chi connectivity index (χ0) is 24.5. The average Bonchev–Trinajstić information content (AvgIpc) is 3.26. The summed E-state index contributed by atoms with van der Waals surface area (Å²) < 4.78 is 5.70. The summed E-state index contributed by atoms with van der Waals surface area (Å²) in [6, 6.07) is 15.1. The van der Waals surface area contributed by atoms with Crippen molar-refractivity contribution in [2.24, 2.45) is 0 Å². The molecule has 7 heteroatoms. The summed E-state index contributed by atoms with van der Waals surface area (Å²) in [4.78, 5) is 36.2. The van der Waals surface area contributed by atoms with Gasteiger partial charge in [-0.2, -0.15) is 0 Å². The van der Waals surface area contributed by atoms with Gasteiger partial charge in [0, 0.05) is 41.5 Å². The van der Waals surface area contributed by atoms with E-state index in [1.807, 2.05) is 41.3 Å². The Labute approximate surface area is 206 Å². The molecule has 0 saturated carbocycles. The van der Waals surface area contributed by atoms with Crippen LogP contribution in [-0.4, -0.2) is 72.5 Å². The van der Waals surface area contributed by atoms with Gasteiger partial charge in [0.05, 0.1) is 33.3 Å². The zero-order valence-electron chi connectivity index (χ0n) is 20.8. The van der Waals surface area contributed by atoms with Crippen LogP contribution in [0, 0.1) is 0 Å². The summed E-state index contributed by atoms with van der Waals surface area (Å²) >= 11 is 0. The zero-order valence-corrected chi connectivity index (χ0v) is 20.8. The van der Waals surface area contributed by atoms with Gasteiger partial charge in [0.25, 0.3) is 0 Å². The molecule has 184 valence electrons. The number of methoxy groups -OCH3 is 1. The molecule has 2 aromatic carbocycles. The second kappa shape index (κ2) is 9.74. The number of carbonyl (C=O) groups is 2. The van der Waals surface area contributed by atoms with Crippen LogP contribution in [0.3, 0.4) is 0 Å². The lowest BCUT2D eigenvalue weighted by molar-refractivity contribution is -0.896. The Kier molecular flexibility index (Phi) is 6.52. The number of rotatable bonds is 8. The largest absolute Gasteiger partial charge is 0.496 e. The van der Waals surface area contributed by atoms with Crippen LogP contribution in [-0.2, 0) is 16.0 Å². The molecule has 0 spiro atoms. The van der Waals surface area contributed by atoms with Crippen molar-refractivity contribution in [1.82, 2.24) is 14.8 Å². The molecule has 2 aliphatic rings. The molecular weight excluding hydrogens is 440 g/mol. The van der Waals surface area contributed by atoms with Gasteiger partial charge in [-0.1, -0.05) is 36.4 Å². The predicted octanol–water partition coefficient (Wildman–Crippen LogP) is 2.18. The molecule has 2 aliphatic heterocycles. The highest BCUT2D eigenvalue weighted by Gasteiger charge is 2.48. The molecule has 2 amide bonds. The molecule has 0 radical (unpaired) electrons. The summed E-state index contributed by atoms with van der Waals surface area (Å²) in [5.41, 5.74) is 4.02. The Balaban J connectivity index is 1.54. The quantitative estimate of drug-likeness (QED) is 0.525. The highest BCUT2D eigenvalue weighted by molar-refractivity contribution is 5.97. The van der Waals surface area contributed by atoms with Gasteiger partial charge < -0.3 is 24.4 Å². The Morgan fingerprint density at radius 2 is 1.80 bits per heavy atom. The third-order valence-electron chi connectivity index (χ3n) is 7.73. The monoisotopic (exact) mass is 475 g/mol. The van der Waals surface area contributed by atoms with E-state index in [1.165, 1.54) is 4.90 Å². The standard InChI is InChI=1S/C28H34N4O3/c1-4-30(5-2)15-10-16-31-18-25(33)32-23(28(31)34)17-21-19-11-6-8-13-22(19)29-26(21)27(32)20-12-7-9-14-24(20)35-3/h6-9,11-14,23,27,29H,4-5,10,15-18H2,1-3H3/p+1/t23-,27-/m0/s1. The lowest BCUT2D eigenvalue weighted by Gasteiger charge is -2.47. The van der Waals surface area contributed by atoms with Gasteiger partial charge >= 0.3 is 0 Å². The molecule has 0 unspecified atom stereocenters. The Morgan fingerprint density at radius 3 is 2.57 bits per heavy atom. The summed E-state index contributed by atoms with van der Waals surface area (Å²) in [6.45, 7) is 8.28. The van der Waals surface area contributed by atoms with E-state index >= 15 is 0 Å². The minimum absolute atomic E-state index is 0.00926. The Bertz CT molecular complexity index is 1230. The van der Waals surface area contributed by atoms with E-state index in [4.69, 9.17) is 4.74 Å². The smallest absolute Gasteiger partial charge is 0.246 e. The maximum Gasteiger partial charge on any atom is 0.246 e. The number of ether oxygens (including phenoxy) is 1. The molecule has 0 bridgehead atoms. The van der Waals surface area contributed by atoms with Gasteiger partial charge in [-0.15, -0.1) is 0 Å². The van der Waals surface area contributed by atoms with Crippen molar-refractivity contribution < 1.29 is 19.2 Å². The third-order valence-corrected chi connectivity index (χ3v) is 7.73. The van der Waals surface area contributed by atoms with Crippen molar-refractivity contribution in [3.63, 3.8) is 0 Å². The molecule has 2 atom stereocenters. The van der Waals surface area contributed by atoms with Crippen LogP contribution in [0.4, 0.5) is 0 Å². The molecule has 1 saturated heterocycles. The van der Waals surface area contributed by atoms with E-state index in [2.05, 4.69) is 31.0 Å². The van der Waals surface area contributed by atoms with E-state index in [0.29, 0.717) is 18.7 Å². The van der Waals surface area contributed by atoms with Crippen LogP contribution >= 0.6 is 0 Å². The van der Waals surface area contributed by atoms with Gasteiger partial charge in [-0.25, -0.2) is 0 Å². The van der Waals surface area contributed by atoms with Gasteiger partial charge in [0.1, 0.15) is 17.8 Å². The number of benzene rings is 2. The topological polar surface area (TPSA) is 70.1 Å². The highest BCUT2D eigenvalue weighted by atomic mass is 16.5. The molecule has 0 aliphatic carbocycles. The fourth-order valence-corrected chi connectivity index (χ4v) is 5.85. The number of piperazine rings is 1. The molecule has 2 N–H and O–H groups in total. The number of amides is 2. The van der Waals surface area contributed by atoms with Crippen LogP contribution in [0.25, 0.3) is 10.9 Å². The van der Waals surface area contributed by atoms with Crippen LogP contribution in [0.5, 0.6) is 5.75 Å². The number of hydrogen-bond acceptors (Lipinski definition) is 3. The van der Waals surface area contributed by atoms with E-state index in [1.54, 1.807) is 12.0 Å². The fourth-order valence-electron chi connectivity index (χ4n) is 5.85. The summed E-state index contributed by atoms with van der Waals surface area (Å²) in [5.74, 6) is 0.757. The molecule has 35 heavy (non-hydrogen) atoms. The van der Waals surface area contributed by atoms with Gasteiger partial charge in [0.2, 0.25) is 11.8 Å². The normalized spacial score (nSPS) is 19.9. The molecule has 7 nitrogen and oxygen atoms in total. The number of quaternary nitrogens is 1. The number of aromatic nitrogens is 1. The minimum atomic E-state index is -0.515. The molecule has 1 fully saturated rings. The number of carbonyl (C=O) groups excluding carboxylic acids is 2. The highest BCUT2D eigenvalue weighted by Crippen LogP contribution is 2.44. The van der Waals surface area contributed by atoms with Crippen LogP contribution in [0.1, 0.15) is 43.1 Å². The number of H-pyrrole nitrogens is 1. The second-order valence-corrected chi connectivity index (χ2v) is 9.55. The van der Waals surface area contributed by atoms with E-state index in [0.717, 1.165) is 53.8 Å². The maximum absolute atomic E-state index is 13.8. The van der Waals surface area contributed by atoms with Crippen molar-refractivity contribution >= 4 is 22.7 Å². The number of hydrogen-bond donors (Lipinski definition) is 2. The minimum Gasteiger partial charge on any atom is -0.496 e. The third kappa shape index (κ3) is 4.08. The van der Waals surface area contributed by atoms with E-state index < -0.39 is 12.1 Å². The predicted molar refractivity (Wildman–Crippen MR) is 136 cm³/mol. The molecule has 3 aromatic rings. The van der Waals surface area contributed by atoms with Gasteiger partial charge in [-0.05, 0) is 31.5 Å². The van der Waals surface area contributed by atoms with Crippen molar-refractivity contribution in [3.05, 3.63) is 65.4 Å². The molecular formula is C28H35N4O3+. The van der Waals surface area contributed by atoms with Crippen molar-refractivity contribution in [2.45, 2.75) is 38.8 Å². The average molecular weight is 476 g/mol. The lowest BCUT2D eigenvalue weighted by atomic mass is 9.86. The second-order valence-electron chi connectivity index (χ2n) is 9.55. The van der Waals surface area contributed by atoms with E-state index in [9.17, 15) is 9.59 Å². The van der Waals surface area contributed by atoms with Crippen LogP contribution < -0.4 is 9.64 Å². The number of fused-ring (bicyclic) bond motifs is 4. The van der Waals surface area contributed by atoms with E-state index in [-0.39, 0.29) is 18.4 Å². The summed E-state index contributed by atoms with van der Waals surface area (Å²) in [6.07, 6.45) is 1.42. The number of aromatic amines is 1. The summed E-state index contributed by atoms with van der Waals surface area (Å²) in [7, 11) is 1.65. The Morgan fingerprint density at radius 1 is 1.06 bits per heavy atom. The SMILES string of the molecule is CC[NH+](CC)CCCN1CC(=O)N2[C@@H](c3ccccc3OC)c3[nH]c4ccccc4c3C[C@H]2C1=O. The fraction of sp³-hybridized carbons (Fsp3) is 0.429. The number of nitrogens with zero attached hydrogens (tertiary/aromatic N) is 2. The van der Waals surface area contributed by atoms with Crippen molar-refractivity contribution in [2.75, 3.05) is 39.8 Å². The van der Waals surface area contributed by atoms with Gasteiger partial charge in [-0.3, -0.25) is 9.59 Å².